The molecule has 0 radical (unpaired) electrons. The second kappa shape index (κ2) is 31.2. The number of unbranched alkanes of at least 4 members (excludes halogenated alkanes) is 7. The van der Waals surface area contributed by atoms with Gasteiger partial charge in [-0.1, -0.05) is 79.1 Å². The molecule has 154 valence electrons. The highest BCUT2D eigenvalue weighted by molar-refractivity contribution is 5.65. The number of ether oxygens (including phenoxy) is 1. The minimum atomic E-state index is -0.187. The number of aliphatic hydroxyl groups excluding tert-OH is 1. The second-order valence-electron chi connectivity index (χ2n) is 6.35. The Bertz CT molecular complexity index is 219. The fraction of sp³-hybridized carbons (Fsp3) is 0.952. The van der Waals surface area contributed by atoms with Gasteiger partial charge in [-0.3, -0.25) is 4.79 Å². The van der Waals surface area contributed by atoms with Crippen LogP contribution < -0.4 is 5.32 Å². The molecule has 0 aromatic carbocycles. The summed E-state index contributed by atoms with van der Waals surface area (Å²) in [4.78, 5) is 10.5. The standard InChI is InChI=1S/C12H25NO3.C6H14.C3H8/c1-12(15)16-11-6-4-2-3-5-8-13-9-7-10-14;1-3-5-6-4-2;1-3-2/h13-14H,2-11H2,1H3;3-6H2,1-2H3;3H2,1-2H3. The Balaban J connectivity index is -0.000000445. The molecule has 2 N–H and O–H groups in total. The van der Waals surface area contributed by atoms with Gasteiger partial charge in [0, 0.05) is 13.5 Å². The number of nitrogens with one attached hydrogen (secondary N) is 1. The molecule has 0 rings (SSSR count). The first kappa shape index (κ1) is 29.2. The SMILES string of the molecule is CC(=O)OCCCCCCCNCCCO.CCC.CCCCCC. The van der Waals surface area contributed by atoms with Crippen molar-refractivity contribution in [3.63, 3.8) is 0 Å². The summed E-state index contributed by atoms with van der Waals surface area (Å²) in [5.41, 5.74) is 0. The molecule has 0 heterocycles. The molecule has 0 saturated carbocycles. The third-order valence-corrected chi connectivity index (χ3v) is 3.27. The van der Waals surface area contributed by atoms with Crippen LogP contribution in [0.4, 0.5) is 0 Å². The van der Waals surface area contributed by atoms with E-state index < -0.39 is 0 Å². The highest BCUT2D eigenvalue weighted by Crippen LogP contribution is 2.02. The molecule has 0 atom stereocenters. The molecule has 0 aliphatic heterocycles. The van der Waals surface area contributed by atoms with Gasteiger partial charge in [0.15, 0.2) is 0 Å². The first-order valence-corrected chi connectivity index (χ1v) is 10.5. The summed E-state index contributed by atoms with van der Waals surface area (Å²) in [6, 6.07) is 0. The molecule has 0 unspecified atom stereocenters. The zero-order valence-corrected chi connectivity index (χ0v) is 17.9. The van der Waals surface area contributed by atoms with Crippen LogP contribution in [0.15, 0.2) is 0 Å². The highest BCUT2D eigenvalue weighted by atomic mass is 16.5. The highest BCUT2D eigenvalue weighted by Gasteiger charge is 1.94. The minimum Gasteiger partial charge on any atom is -0.466 e. The molecule has 25 heavy (non-hydrogen) atoms. The van der Waals surface area contributed by atoms with E-state index in [2.05, 4.69) is 33.0 Å². The van der Waals surface area contributed by atoms with E-state index in [-0.39, 0.29) is 12.6 Å². The fourth-order valence-electron chi connectivity index (χ4n) is 1.93. The predicted molar refractivity (Wildman–Crippen MR) is 110 cm³/mol. The molecular formula is C21H47NO3. The maximum Gasteiger partial charge on any atom is 0.302 e. The first-order valence-electron chi connectivity index (χ1n) is 10.5. The number of esters is 1. The van der Waals surface area contributed by atoms with E-state index in [0.717, 1.165) is 32.4 Å². The maximum absolute atomic E-state index is 10.5. The topological polar surface area (TPSA) is 58.6 Å². The van der Waals surface area contributed by atoms with E-state index in [1.807, 2.05) is 0 Å². The van der Waals surface area contributed by atoms with Gasteiger partial charge in [0.25, 0.3) is 0 Å². The van der Waals surface area contributed by atoms with Crippen LogP contribution in [0.25, 0.3) is 0 Å². The van der Waals surface area contributed by atoms with E-state index in [1.54, 1.807) is 0 Å². The molecule has 0 aromatic rings. The molecule has 4 heteroatoms. The molecule has 4 nitrogen and oxygen atoms in total. The summed E-state index contributed by atoms with van der Waals surface area (Å²) in [6.07, 6.45) is 13.3. The van der Waals surface area contributed by atoms with E-state index in [1.165, 1.54) is 58.3 Å². The van der Waals surface area contributed by atoms with Crippen molar-refractivity contribution in [1.82, 2.24) is 5.32 Å². The third kappa shape index (κ3) is 45.2. The van der Waals surface area contributed by atoms with E-state index in [4.69, 9.17) is 9.84 Å². The van der Waals surface area contributed by atoms with Crippen molar-refractivity contribution in [1.29, 1.82) is 0 Å². The Morgan fingerprint density at radius 3 is 1.76 bits per heavy atom. The second-order valence-corrected chi connectivity index (χ2v) is 6.35. The lowest BCUT2D eigenvalue weighted by Gasteiger charge is -2.04. The molecule has 0 aliphatic carbocycles. The Morgan fingerprint density at radius 1 is 0.800 bits per heavy atom. The Morgan fingerprint density at radius 2 is 1.28 bits per heavy atom. The molecule has 0 aliphatic rings. The summed E-state index contributed by atoms with van der Waals surface area (Å²) in [5.74, 6) is -0.187. The Labute approximate surface area is 158 Å². The molecule has 0 spiro atoms. The fourth-order valence-corrected chi connectivity index (χ4v) is 1.93. The number of carbonyl (C=O) groups excluding carboxylic acids is 1. The first-order chi connectivity index (χ1) is 12.1. The number of hydrogen-bond acceptors (Lipinski definition) is 4. The van der Waals surface area contributed by atoms with Crippen molar-refractivity contribution in [2.75, 3.05) is 26.3 Å². The minimum absolute atomic E-state index is 0.187. The van der Waals surface area contributed by atoms with Gasteiger partial charge in [-0.05, 0) is 32.4 Å². The number of carbonyl (C=O) groups is 1. The lowest BCUT2D eigenvalue weighted by molar-refractivity contribution is -0.141. The summed E-state index contributed by atoms with van der Waals surface area (Å²) in [6.45, 7) is 12.9. The zero-order chi connectivity index (χ0) is 19.6. The van der Waals surface area contributed by atoms with Crippen LogP contribution in [0.2, 0.25) is 0 Å². The molecule has 0 bridgehead atoms. The lowest BCUT2D eigenvalue weighted by atomic mass is 10.1. The summed E-state index contributed by atoms with van der Waals surface area (Å²) < 4.78 is 4.84. The third-order valence-electron chi connectivity index (χ3n) is 3.27. The zero-order valence-electron chi connectivity index (χ0n) is 17.9. The average Bonchev–Trinajstić information content (AvgIpc) is 2.59. The van der Waals surface area contributed by atoms with Gasteiger partial charge >= 0.3 is 5.97 Å². The van der Waals surface area contributed by atoms with Crippen molar-refractivity contribution < 1.29 is 14.6 Å². The van der Waals surface area contributed by atoms with E-state index in [0.29, 0.717) is 6.61 Å². The van der Waals surface area contributed by atoms with Crippen molar-refractivity contribution in [2.45, 2.75) is 105 Å². The van der Waals surface area contributed by atoms with Gasteiger partial charge in [0.2, 0.25) is 0 Å². The largest absolute Gasteiger partial charge is 0.466 e. The Kier molecular flexibility index (Phi) is 36.4. The number of rotatable bonds is 14. The molecular weight excluding hydrogens is 314 g/mol. The molecule has 0 fully saturated rings. The van der Waals surface area contributed by atoms with Crippen molar-refractivity contribution >= 4 is 5.97 Å². The van der Waals surface area contributed by atoms with E-state index in [9.17, 15) is 4.79 Å². The van der Waals surface area contributed by atoms with Crippen LogP contribution in [-0.4, -0.2) is 37.4 Å². The molecule has 0 amide bonds. The smallest absolute Gasteiger partial charge is 0.302 e. The van der Waals surface area contributed by atoms with Crippen LogP contribution in [0.3, 0.4) is 0 Å². The maximum atomic E-state index is 10.5. The van der Waals surface area contributed by atoms with Crippen LogP contribution in [0.1, 0.15) is 105 Å². The van der Waals surface area contributed by atoms with Gasteiger partial charge in [-0.25, -0.2) is 0 Å². The van der Waals surface area contributed by atoms with E-state index >= 15 is 0 Å². The normalized spacial score (nSPS) is 9.52. The molecule has 0 aromatic heterocycles. The van der Waals surface area contributed by atoms with Gasteiger partial charge in [0.05, 0.1) is 6.61 Å². The molecule has 0 saturated heterocycles. The van der Waals surface area contributed by atoms with Crippen molar-refractivity contribution in [2.24, 2.45) is 0 Å². The monoisotopic (exact) mass is 361 g/mol. The van der Waals surface area contributed by atoms with Crippen LogP contribution in [0.5, 0.6) is 0 Å². The summed E-state index contributed by atoms with van der Waals surface area (Å²) >= 11 is 0. The lowest BCUT2D eigenvalue weighted by Crippen LogP contribution is -2.17. The van der Waals surface area contributed by atoms with Gasteiger partial charge in [-0.15, -0.1) is 0 Å². The van der Waals surface area contributed by atoms with Gasteiger partial charge in [0.1, 0.15) is 0 Å². The number of hydrogen-bond donors (Lipinski definition) is 2. The van der Waals surface area contributed by atoms with Crippen LogP contribution >= 0.6 is 0 Å². The summed E-state index contributed by atoms with van der Waals surface area (Å²) in [5, 5.41) is 11.8. The van der Waals surface area contributed by atoms with Crippen LogP contribution in [0, 0.1) is 0 Å². The quantitative estimate of drug-likeness (QED) is 0.318. The van der Waals surface area contributed by atoms with Gasteiger partial charge < -0.3 is 15.2 Å². The Hall–Kier alpha value is -0.610. The van der Waals surface area contributed by atoms with Crippen molar-refractivity contribution in [3.05, 3.63) is 0 Å². The summed E-state index contributed by atoms with van der Waals surface area (Å²) in [7, 11) is 0. The number of aliphatic hydroxyl groups is 1. The van der Waals surface area contributed by atoms with Crippen LogP contribution in [-0.2, 0) is 9.53 Å². The van der Waals surface area contributed by atoms with Gasteiger partial charge in [-0.2, -0.15) is 0 Å². The van der Waals surface area contributed by atoms with Crippen molar-refractivity contribution in [3.8, 4) is 0 Å². The predicted octanol–water partition coefficient (Wildman–Crippen LogP) is 5.47. The average molecular weight is 362 g/mol.